The van der Waals surface area contributed by atoms with E-state index in [1.165, 1.54) is 9.13 Å². The Kier molecular flexibility index (Phi) is 5.72. The maximum Gasteiger partial charge on any atom is 0.331 e. The summed E-state index contributed by atoms with van der Waals surface area (Å²) in [6.45, 7) is 2.31. The molecule has 0 saturated carbocycles. The van der Waals surface area contributed by atoms with E-state index >= 15 is 0 Å². The quantitative estimate of drug-likeness (QED) is 0.386. The van der Waals surface area contributed by atoms with Crippen LogP contribution in [0.1, 0.15) is 34.5 Å². The molecule has 1 atom stereocenters. The van der Waals surface area contributed by atoms with Gasteiger partial charge in [-0.2, -0.15) is 0 Å². The van der Waals surface area contributed by atoms with E-state index in [0.717, 1.165) is 21.9 Å². The number of hydrogen-bond donors (Lipinski definition) is 1. The van der Waals surface area contributed by atoms with Crippen LogP contribution in [0.25, 0.3) is 21.7 Å². The van der Waals surface area contributed by atoms with Crippen molar-refractivity contribution in [3.05, 3.63) is 116 Å². The molecule has 1 N–H and O–H groups in total. The van der Waals surface area contributed by atoms with Crippen LogP contribution in [0, 0.1) is 0 Å². The average molecular weight is 508 g/mol. The molecule has 8 heteroatoms. The average Bonchev–Trinajstić information content (AvgIpc) is 3.42. The van der Waals surface area contributed by atoms with Gasteiger partial charge in [0, 0.05) is 19.2 Å². The van der Waals surface area contributed by atoms with Crippen LogP contribution in [-0.2, 0) is 13.6 Å². The topological polar surface area (TPSA) is 91.6 Å². The highest BCUT2D eigenvalue weighted by Crippen LogP contribution is 2.32. The SMILES string of the molecule is CC(c1cccc2ccccc12)n1c(=O)c2cc(C(=O)NCc3ccc4c(c3)OCO4)ccc2n(C)c1=O. The molecule has 1 unspecified atom stereocenters. The zero-order chi connectivity index (χ0) is 26.4. The molecule has 0 aliphatic carbocycles. The van der Waals surface area contributed by atoms with E-state index in [1.54, 1.807) is 31.3 Å². The molecule has 8 nitrogen and oxygen atoms in total. The highest BCUT2D eigenvalue weighted by Gasteiger charge is 2.20. The molecule has 2 heterocycles. The van der Waals surface area contributed by atoms with Crippen molar-refractivity contribution in [2.24, 2.45) is 7.05 Å². The minimum absolute atomic E-state index is 0.182. The first kappa shape index (κ1) is 23.5. The van der Waals surface area contributed by atoms with E-state index in [1.807, 2.05) is 61.5 Å². The van der Waals surface area contributed by atoms with E-state index in [9.17, 15) is 14.4 Å². The van der Waals surface area contributed by atoms with Gasteiger partial charge in [-0.3, -0.25) is 18.7 Å². The maximum atomic E-state index is 13.7. The Morgan fingerprint density at radius 2 is 1.71 bits per heavy atom. The van der Waals surface area contributed by atoms with Crippen molar-refractivity contribution in [3.63, 3.8) is 0 Å². The van der Waals surface area contributed by atoms with Crippen molar-refractivity contribution in [2.75, 3.05) is 6.79 Å². The van der Waals surface area contributed by atoms with Crippen molar-refractivity contribution in [3.8, 4) is 11.5 Å². The number of ether oxygens (including phenoxy) is 2. The molecule has 1 aliphatic rings. The summed E-state index contributed by atoms with van der Waals surface area (Å²) in [5, 5.41) is 5.20. The number of fused-ring (bicyclic) bond motifs is 3. The second-order valence-electron chi connectivity index (χ2n) is 9.36. The molecule has 0 saturated heterocycles. The van der Waals surface area contributed by atoms with Gasteiger partial charge >= 0.3 is 5.69 Å². The van der Waals surface area contributed by atoms with E-state index in [4.69, 9.17) is 9.47 Å². The van der Waals surface area contributed by atoms with Crippen molar-refractivity contribution >= 4 is 27.6 Å². The molecular formula is C30H25N3O5. The number of nitrogens with one attached hydrogen (secondary N) is 1. The van der Waals surface area contributed by atoms with Gasteiger partial charge in [0.25, 0.3) is 11.5 Å². The van der Waals surface area contributed by atoms with Crippen LogP contribution in [0.3, 0.4) is 0 Å². The van der Waals surface area contributed by atoms with Crippen LogP contribution in [0.2, 0.25) is 0 Å². The maximum absolute atomic E-state index is 13.7. The zero-order valence-electron chi connectivity index (χ0n) is 20.9. The fourth-order valence-corrected chi connectivity index (χ4v) is 5.05. The number of aryl methyl sites for hydroxylation is 1. The Balaban J connectivity index is 1.36. The molecule has 5 aromatic rings. The minimum Gasteiger partial charge on any atom is -0.454 e. The van der Waals surface area contributed by atoms with Gasteiger partial charge in [0.2, 0.25) is 6.79 Å². The summed E-state index contributed by atoms with van der Waals surface area (Å²) >= 11 is 0. The smallest absolute Gasteiger partial charge is 0.331 e. The Hall–Kier alpha value is -4.85. The van der Waals surface area contributed by atoms with E-state index in [2.05, 4.69) is 5.32 Å². The number of rotatable bonds is 5. The summed E-state index contributed by atoms with van der Waals surface area (Å²) in [6, 6.07) is 23.5. The molecule has 4 aromatic carbocycles. The first-order valence-electron chi connectivity index (χ1n) is 12.3. The second-order valence-corrected chi connectivity index (χ2v) is 9.36. The fraction of sp³-hybridized carbons (Fsp3) is 0.167. The lowest BCUT2D eigenvalue weighted by Crippen LogP contribution is -2.41. The predicted octanol–water partition coefficient (Wildman–Crippen LogP) is 4.12. The molecule has 0 radical (unpaired) electrons. The van der Waals surface area contributed by atoms with Gasteiger partial charge in [-0.25, -0.2) is 4.79 Å². The van der Waals surface area contributed by atoms with Crippen LogP contribution in [0.4, 0.5) is 0 Å². The molecule has 0 fully saturated rings. The summed E-state index contributed by atoms with van der Waals surface area (Å²) in [5.41, 5.74) is 1.68. The fourth-order valence-electron chi connectivity index (χ4n) is 5.05. The van der Waals surface area contributed by atoms with Crippen LogP contribution < -0.4 is 26.0 Å². The molecule has 1 aromatic heterocycles. The molecule has 1 amide bonds. The lowest BCUT2D eigenvalue weighted by Gasteiger charge is -2.19. The highest BCUT2D eigenvalue weighted by molar-refractivity contribution is 5.97. The second kappa shape index (κ2) is 9.23. The van der Waals surface area contributed by atoms with Gasteiger partial charge in [0.1, 0.15) is 0 Å². The third-order valence-electron chi connectivity index (χ3n) is 7.11. The van der Waals surface area contributed by atoms with E-state index in [0.29, 0.717) is 28.0 Å². The van der Waals surface area contributed by atoms with Crippen molar-refractivity contribution in [1.29, 1.82) is 0 Å². The summed E-state index contributed by atoms with van der Waals surface area (Å²) < 4.78 is 13.4. The van der Waals surface area contributed by atoms with Crippen LogP contribution in [-0.4, -0.2) is 21.8 Å². The summed E-state index contributed by atoms with van der Waals surface area (Å²) in [5.74, 6) is 0.991. The summed E-state index contributed by atoms with van der Waals surface area (Å²) in [7, 11) is 1.63. The van der Waals surface area contributed by atoms with Gasteiger partial charge in [0.05, 0.1) is 16.9 Å². The lowest BCUT2D eigenvalue weighted by molar-refractivity contribution is 0.0951. The standard InChI is InChI=1S/C30H25N3O5/c1-18(22-9-5-7-20-6-3-4-8-23(20)22)33-29(35)24-15-21(11-12-25(24)32(2)30(33)36)28(34)31-16-19-10-13-26-27(14-19)38-17-37-26/h3-15,18H,16-17H2,1-2H3,(H,31,34). The molecule has 6 rings (SSSR count). The van der Waals surface area contributed by atoms with Gasteiger partial charge in [-0.1, -0.05) is 48.5 Å². The number of aromatic nitrogens is 2. The van der Waals surface area contributed by atoms with E-state index in [-0.39, 0.29) is 19.2 Å². The van der Waals surface area contributed by atoms with Crippen LogP contribution in [0.15, 0.2) is 88.5 Å². The first-order valence-corrected chi connectivity index (χ1v) is 12.3. The van der Waals surface area contributed by atoms with Crippen molar-refractivity contribution in [2.45, 2.75) is 19.5 Å². The molecule has 0 spiro atoms. The number of hydrogen-bond acceptors (Lipinski definition) is 5. The monoisotopic (exact) mass is 507 g/mol. The van der Waals surface area contributed by atoms with Crippen LogP contribution >= 0.6 is 0 Å². The number of carbonyl (C=O) groups is 1. The Morgan fingerprint density at radius 1 is 0.921 bits per heavy atom. The first-order chi connectivity index (χ1) is 18.4. The Bertz CT molecular complexity index is 1850. The van der Waals surface area contributed by atoms with Crippen molar-refractivity contribution < 1.29 is 14.3 Å². The normalized spacial score (nSPS) is 13.1. The zero-order valence-corrected chi connectivity index (χ0v) is 20.9. The number of amides is 1. The number of benzene rings is 4. The summed E-state index contributed by atoms with van der Waals surface area (Å²) in [6.07, 6.45) is 0. The van der Waals surface area contributed by atoms with Crippen molar-refractivity contribution in [1.82, 2.24) is 14.5 Å². The van der Waals surface area contributed by atoms with Gasteiger partial charge < -0.3 is 14.8 Å². The molecule has 0 bridgehead atoms. The highest BCUT2D eigenvalue weighted by atomic mass is 16.7. The van der Waals surface area contributed by atoms with Gasteiger partial charge in [-0.05, 0) is 59.2 Å². The Labute approximate surface area is 217 Å². The largest absolute Gasteiger partial charge is 0.454 e. The predicted molar refractivity (Wildman–Crippen MR) is 145 cm³/mol. The molecular weight excluding hydrogens is 482 g/mol. The molecule has 1 aliphatic heterocycles. The third kappa shape index (κ3) is 3.91. The molecule has 38 heavy (non-hydrogen) atoms. The summed E-state index contributed by atoms with van der Waals surface area (Å²) in [4.78, 5) is 40.0. The van der Waals surface area contributed by atoms with Gasteiger partial charge in [0.15, 0.2) is 11.5 Å². The number of carbonyl (C=O) groups excluding carboxylic acids is 1. The third-order valence-corrected chi connectivity index (χ3v) is 7.11. The molecule has 190 valence electrons. The number of nitrogens with zero attached hydrogens (tertiary/aromatic N) is 2. The van der Waals surface area contributed by atoms with Gasteiger partial charge in [-0.15, -0.1) is 0 Å². The van der Waals surface area contributed by atoms with E-state index < -0.39 is 17.3 Å². The minimum atomic E-state index is -0.514. The van der Waals surface area contributed by atoms with Crippen LogP contribution in [0.5, 0.6) is 11.5 Å². The Morgan fingerprint density at radius 3 is 2.58 bits per heavy atom. The lowest BCUT2D eigenvalue weighted by atomic mass is 9.99.